The number of nitrogens with zero attached hydrogens (tertiary/aromatic N) is 1. The topological polar surface area (TPSA) is 148 Å². The van der Waals surface area contributed by atoms with Gasteiger partial charge in [-0.1, -0.05) is 61.0 Å². The largest absolute Gasteiger partial charge is 0.497 e. The van der Waals surface area contributed by atoms with Crippen LogP contribution in [-0.2, 0) is 19.6 Å². The van der Waals surface area contributed by atoms with Crippen molar-refractivity contribution in [2.24, 2.45) is 5.92 Å². The highest BCUT2D eigenvalue weighted by molar-refractivity contribution is 7.90. The smallest absolute Gasteiger partial charge is 0.266 e. The van der Waals surface area contributed by atoms with Gasteiger partial charge < -0.3 is 25.4 Å². The van der Waals surface area contributed by atoms with Crippen molar-refractivity contribution in [3.05, 3.63) is 91.0 Å². The number of fused-ring (bicyclic) bond motifs is 3. The predicted octanol–water partition coefficient (Wildman–Crippen LogP) is 4.94. The molecule has 50 heavy (non-hydrogen) atoms. The van der Waals surface area contributed by atoms with Crippen LogP contribution in [0.3, 0.4) is 0 Å². The Morgan fingerprint density at radius 3 is 2.66 bits per heavy atom. The van der Waals surface area contributed by atoms with E-state index in [0.717, 1.165) is 47.8 Å². The van der Waals surface area contributed by atoms with E-state index in [2.05, 4.69) is 20.7 Å². The summed E-state index contributed by atoms with van der Waals surface area (Å²) in [6.07, 6.45) is 7.93. The Morgan fingerprint density at radius 1 is 1.00 bits per heavy atom. The minimum Gasteiger partial charge on any atom is -0.497 e. The van der Waals surface area contributed by atoms with Crippen molar-refractivity contribution in [2.75, 3.05) is 25.5 Å². The highest BCUT2D eigenvalue weighted by Gasteiger charge is 2.61. The van der Waals surface area contributed by atoms with E-state index in [1.54, 1.807) is 25.3 Å². The van der Waals surface area contributed by atoms with E-state index in [9.17, 15) is 18.0 Å². The molecule has 4 atom stereocenters. The molecule has 0 unspecified atom stereocenters. The molecule has 7 rings (SSSR count). The molecule has 2 aliphatic heterocycles. The molecule has 0 radical (unpaired) electrons. The van der Waals surface area contributed by atoms with Crippen molar-refractivity contribution >= 4 is 38.4 Å². The van der Waals surface area contributed by atoms with E-state index >= 15 is 0 Å². The molecule has 2 fully saturated rings. The number of aromatic nitrogens is 1. The maximum absolute atomic E-state index is 13.8. The molecule has 3 heterocycles. The Balaban J connectivity index is 1.09. The van der Waals surface area contributed by atoms with E-state index in [4.69, 9.17) is 14.5 Å². The summed E-state index contributed by atoms with van der Waals surface area (Å²) >= 11 is 0. The van der Waals surface area contributed by atoms with E-state index in [-0.39, 0.29) is 22.8 Å². The molecular formula is C38H41N5O6S. The number of pyridine rings is 1. The van der Waals surface area contributed by atoms with Crippen LogP contribution in [0, 0.1) is 5.92 Å². The molecule has 1 saturated heterocycles. The highest BCUT2D eigenvalue weighted by Crippen LogP contribution is 2.46. The van der Waals surface area contributed by atoms with Crippen molar-refractivity contribution in [1.29, 1.82) is 0 Å². The SMILES string of the molecule is COc1ccc2c(O[C@H]3CN[C@H](C(=O)N[C@@]45C[C@H]4/C=C\CCCCCNc4ccccc4S(=O)(=O)NC5=O)C3)cc(-c3ccccc3)nc2c1. The van der Waals surface area contributed by atoms with E-state index in [1.165, 1.54) is 6.07 Å². The van der Waals surface area contributed by atoms with Crippen LogP contribution in [0.4, 0.5) is 5.69 Å². The summed E-state index contributed by atoms with van der Waals surface area (Å²) < 4.78 is 41.3. The summed E-state index contributed by atoms with van der Waals surface area (Å²) in [7, 11) is -2.61. The number of rotatable bonds is 6. The molecule has 11 nitrogen and oxygen atoms in total. The van der Waals surface area contributed by atoms with Gasteiger partial charge in [-0.05, 0) is 49.9 Å². The van der Waals surface area contributed by atoms with Gasteiger partial charge in [0, 0.05) is 48.5 Å². The molecule has 2 amide bonds. The Morgan fingerprint density at radius 2 is 1.82 bits per heavy atom. The first-order valence-corrected chi connectivity index (χ1v) is 18.6. The third kappa shape index (κ3) is 7.03. The van der Waals surface area contributed by atoms with Gasteiger partial charge in [-0.3, -0.25) is 9.59 Å². The van der Waals surface area contributed by atoms with Gasteiger partial charge in [0.05, 0.1) is 30.0 Å². The number of anilines is 1. The first-order chi connectivity index (χ1) is 24.3. The third-order valence-corrected chi connectivity index (χ3v) is 11.0. The van der Waals surface area contributed by atoms with Crippen LogP contribution in [0.15, 0.2) is 95.9 Å². The van der Waals surface area contributed by atoms with Crippen LogP contribution in [0.5, 0.6) is 11.5 Å². The van der Waals surface area contributed by atoms with Crippen LogP contribution in [0.1, 0.15) is 38.5 Å². The second-order valence-electron chi connectivity index (χ2n) is 13.1. The maximum Gasteiger partial charge on any atom is 0.266 e. The molecule has 1 aromatic heterocycles. The van der Waals surface area contributed by atoms with Gasteiger partial charge in [0.2, 0.25) is 5.91 Å². The van der Waals surface area contributed by atoms with Gasteiger partial charge >= 0.3 is 0 Å². The van der Waals surface area contributed by atoms with Crippen LogP contribution in [-0.4, -0.2) is 63.1 Å². The van der Waals surface area contributed by atoms with Crippen molar-refractivity contribution in [2.45, 2.75) is 61.1 Å². The minimum atomic E-state index is -4.22. The number of allylic oxidation sites excluding steroid dienone is 1. The molecule has 3 aliphatic rings. The number of methoxy groups -OCH3 is 1. The van der Waals surface area contributed by atoms with E-state index in [1.807, 2.05) is 66.7 Å². The minimum absolute atomic E-state index is 0.00704. The fourth-order valence-corrected chi connectivity index (χ4v) is 8.00. The highest BCUT2D eigenvalue weighted by atomic mass is 32.2. The number of carbonyl (C=O) groups excluding carboxylic acids is 2. The monoisotopic (exact) mass is 695 g/mol. The summed E-state index contributed by atoms with van der Waals surface area (Å²) in [5.74, 6) is -0.141. The average molecular weight is 696 g/mol. The van der Waals surface area contributed by atoms with Gasteiger partial charge in [-0.25, -0.2) is 18.1 Å². The summed E-state index contributed by atoms with van der Waals surface area (Å²) in [6, 6.07) is 23.3. The Bertz CT molecular complexity index is 2040. The number of hydrogen-bond donors (Lipinski definition) is 4. The summed E-state index contributed by atoms with van der Waals surface area (Å²) in [5, 5.41) is 10.2. The van der Waals surface area contributed by atoms with Crippen LogP contribution >= 0.6 is 0 Å². The third-order valence-electron chi connectivity index (χ3n) is 9.65. The Labute approximate surface area is 291 Å². The fourth-order valence-electron chi connectivity index (χ4n) is 6.78. The molecule has 260 valence electrons. The number of benzene rings is 3. The number of hydrogen-bond acceptors (Lipinski definition) is 9. The molecule has 4 N–H and O–H groups in total. The lowest BCUT2D eigenvalue weighted by atomic mass is 10.1. The molecule has 12 heteroatoms. The number of nitrogens with one attached hydrogen (secondary N) is 4. The first kappa shape index (κ1) is 33.6. The second-order valence-corrected chi connectivity index (χ2v) is 14.7. The fraction of sp³-hybridized carbons (Fsp3) is 0.342. The van der Waals surface area contributed by atoms with Crippen LogP contribution in [0.25, 0.3) is 22.2 Å². The Kier molecular flexibility index (Phi) is 9.48. The number of carbonyl (C=O) groups is 2. The molecule has 1 aliphatic carbocycles. The average Bonchev–Trinajstić information content (AvgIpc) is 3.62. The summed E-state index contributed by atoms with van der Waals surface area (Å²) in [4.78, 5) is 32.4. The molecule has 0 bridgehead atoms. The van der Waals surface area contributed by atoms with Gasteiger partial charge in [-0.15, -0.1) is 0 Å². The number of sulfonamides is 1. The van der Waals surface area contributed by atoms with Crippen molar-refractivity contribution in [3.63, 3.8) is 0 Å². The Hall–Kier alpha value is -4.94. The van der Waals surface area contributed by atoms with Gasteiger partial charge in [-0.2, -0.15) is 0 Å². The number of ether oxygens (including phenoxy) is 2. The zero-order valence-electron chi connectivity index (χ0n) is 27.9. The zero-order chi connectivity index (χ0) is 34.7. The lowest BCUT2D eigenvalue weighted by molar-refractivity contribution is -0.130. The molecule has 4 aromatic rings. The van der Waals surface area contributed by atoms with Crippen molar-refractivity contribution in [1.82, 2.24) is 20.3 Å². The van der Waals surface area contributed by atoms with Crippen LogP contribution in [0.2, 0.25) is 0 Å². The van der Waals surface area contributed by atoms with Gasteiger partial charge in [0.1, 0.15) is 28.0 Å². The van der Waals surface area contributed by atoms with Crippen molar-refractivity contribution in [3.8, 4) is 22.8 Å². The molecular weight excluding hydrogens is 655 g/mol. The quantitative estimate of drug-likeness (QED) is 0.206. The lowest BCUT2D eigenvalue weighted by Crippen LogP contribution is -2.55. The predicted molar refractivity (Wildman–Crippen MR) is 191 cm³/mol. The van der Waals surface area contributed by atoms with Crippen LogP contribution < -0.4 is 30.1 Å². The molecule has 1 saturated carbocycles. The van der Waals surface area contributed by atoms with E-state index in [0.29, 0.717) is 43.1 Å². The lowest BCUT2D eigenvalue weighted by Gasteiger charge is -2.22. The van der Waals surface area contributed by atoms with E-state index < -0.39 is 27.5 Å². The summed E-state index contributed by atoms with van der Waals surface area (Å²) in [6.45, 7) is 1.02. The molecule has 0 spiro atoms. The number of amides is 2. The van der Waals surface area contributed by atoms with Gasteiger partial charge in [0.25, 0.3) is 15.9 Å². The summed E-state index contributed by atoms with van der Waals surface area (Å²) in [5.41, 5.74) is 1.46. The van der Waals surface area contributed by atoms with Crippen molar-refractivity contribution < 1.29 is 27.5 Å². The first-order valence-electron chi connectivity index (χ1n) is 17.1. The molecule has 3 aromatic carbocycles. The maximum atomic E-state index is 13.8. The second kappa shape index (κ2) is 14.1. The zero-order valence-corrected chi connectivity index (χ0v) is 28.7. The number of para-hydroxylation sites is 1. The van der Waals surface area contributed by atoms with Gasteiger partial charge in [0.15, 0.2) is 0 Å². The standard InChI is InChI=1S/C38H41N5O6S/c1-48-27-17-18-29-32(20-27)41-31(25-12-6-5-7-13-25)22-34(29)49-28-21-33(40-24-28)36(44)42-38-23-26(38)14-8-3-2-4-11-19-39-30-15-9-10-16-35(30)50(46,47)43-37(38)45/h5-10,12-18,20,22,26,28,33,39-40H,2-4,11,19,21,23-24H2,1H3,(H,42,44)(H,43,45)/b14-8-/t26-,28-,33+,38+/m1/s1. The normalized spacial score (nSPS) is 25.4.